The third-order valence-corrected chi connectivity index (χ3v) is 9.08. The van der Waals surface area contributed by atoms with Crippen molar-refractivity contribution in [2.45, 2.75) is 99.3 Å². The lowest BCUT2D eigenvalue weighted by molar-refractivity contribution is -0.659. The maximum atomic E-state index is 13.6. The fraction of sp³-hybridized carbons (Fsp3) is 0.710. The first-order chi connectivity index (χ1) is 17.1. The van der Waals surface area contributed by atoms with E-state index in [4.69, 9.17) is 4.74 Å². The van der Waals surface area contributed by atoms with Gasteiger partial charge in [-0.1, -0.05) is 66.5 Å². The Bertz CT molecular complexity index is 1060. The van der Waals surface area contributed by atoms with E-state index in [0.717, 1.165) is 36.7 Å². The van der Waals surface area contributed by atoms with E-state index in [9.17, 15) is 9.59 Å². The summed E-state index contributed by atoms with van der Waals surface area (Å²) in [6.45, 7) is 14.0. The minimum Gasteiger partial charge on any atom is -0.459 e. The number of benzene rings is 1. The fourth-order valence-corrected chi connectivity index (χ4v) is 6.95. The number of hydrogen-bond acceptors (Lipinski definition) is 3. The maximum Gasteiger partial charge on any atom is 0.348 e. The SMILES string of the molecule is CC(C)[C@H]1CC[C@H](C)C[C@H]1C(=O)C[n+]1cn(CC(=O)O[C@H]2C[C@H](C)CC[C@H]2C(C)C)c2ccccc21. The summed E-state index contributed by atoms with van der Waals surface area (Å²) in [6, 6.07) is 8.07. The zero-order chi connectivity index (χ0) is 26.0. The summed E-state index contributed by atoms with van der Waals surface area (Å²) >= 11 is 0. The molecule has 0 radical (unpaired) electrons. The van der Waals surface area contributed by atoms with Crippen LogP contribution in [0.4, 0.5) is 0 Å². The summed E-state index contributed by atoms with van der Waals surface area (Å²) < 4.78 is 10.1. The van der Waals surface area contributed by atoms with E-state index in [0.29, 0.717) is 47.8 Å². The molecular formula is C31H47N2O3+. The van der Waals surface area contributed by atoms with Crippen molar-refractivity contribution in [1.29, 1.82) is 0 Å². The molecule has 0 N–H and O–H groups in total. The van der Waals surface area contributed by atoms with E-state index in [1.54, 1.807) is 0 Å². The minimum absolute atomic E-state index is 0.00182. The number of imidazole rings is 1. The number of rotatable bonds is 8. The molecule has 2 fully saturated rings. The normalized spacial score (nSPS) is 29.1. The summed E-state index contributed by atoms with van der Waals surface area (Å²) in [7, 11) is 0. The van der Waals surface area contributed by atoms with Crippen LogP contribution in [0.5, 0.6) is 0 Å². The average Bonchev–Trinajstić information content (AvgIpc) is 3.15. The van der Waals surface area contributed by atoms with Crippen molar-refractivity contribution in [2.24, 2.45) is 41.4 Å². The molecule has 0 aliphatic heterocycles. The topological polar surface area (TPSA) is 52.2 Å². The number of nitrogens with zero attached hydrogens (tertiary/aromatic N) is 2. The van der Waals surface area contributed by atoms with Gasteiger partial charge in [0, 0.05) is 5.92 Å². The van der Waals surface area contributed by atoms with Gasteiger partial charge in [0.25, 0.3) is 0 Å². The molecule has 1 heterocycles. The highest BCUT2D eigenvalue weighted by atomic mass is 16.5. The monoisotopic (exact) mass is 495 g/mol. The molecule has 0 saturated heterocycles. The predicted octanol–water partition coefficient (Wildman–Crippen LogP) is 6.21. The van der Waals surface area contributed by atoms with E-state index < -0.39 is 0 Å². The van der Waals surface area contributed by atoms with Gasteiger partial charge in [0.1, 0.15) is 12.6 Å². The van der Waals surface area contributed by atoms with Gasteiger partial charge in [-0.15, -0.1) is 0 Å². The van der Waals surface area contributed by atoms with Gasteiger partial charge < -0.3 is 4.74 Å². The predicted molar refractivity (Wildman–Crippen MR) is 143 cm³/mol. The first-order valence-electron chi connectivity index (χ1n) is 14.3. The van der Waals surface area contributed by atoms with Crippen molar-refractivity contribution in [2.75, 3.05) is 0 Å². The number of Topliss-reactive ketones (excluding diaryl/α,β-unsaturated/α-hetero) is 1. The van der Waals surface area contributed by atoms with Crippen molar-refractivity contribution in [3.63, 3.8) is 0 Å². The number of carbonyl (C=O) groups excluding carboxylic acids is 2. The van der Waals surface area contributed by atoms with Gasteiger partial charge in [-0.3, -0.25) is 4.79 Å². The Labute approximate surface area is 217 Å². The molecule has 2 saturated carbocycles. The molecule has 5 nitrogen and oxygen atoms in total. The number of fused-ring (bicyclic) bond motifs is 1. The van der Waals surface area contributed by atoms with Crippen LogP contribution < -0.4 is 4.57 Å². The van der Waals surface area contributed by atoms with Crippen molar-refractivity contribution < 1.29 is 18.9 Å². The molecule has 2 aromatic rings. The Balaban J connectivity index is 1.50. The van der Waals surface area contributed by atoms with Crippen LogP contribution in [-0.4, -0.2) is 22.4 Å². The molecule has 0 unspecified atom stereocenters. The number of ether oxygens (including phenoxy) is 1. The molecule has 0 spiro atoms. The molecule has 1 aromatic heterocycles. The molecule has 0 bridgehead atoms. The number of carbonyl (C=O) groups is 2. The highest BCUT2D eigenvalue weighted by Gasteiger charge is 2.37. The molecular weight excluding hydrogens is 448 g/mol. The highest BCUT2D eigenvalue weighted by Crippen LogP contribution is 2.39. The van der Waals surface area contributed by atoms with Crippen LogP contribution in [0.25, 0.3) is 11.0 Å². The standard InChI is InChI=1S/C31H47N2O3/c1-20(2)24-13-11-22(5)15-26(24)29(34)17-32-19-33(28-10-8-7-9-27(28)32)18-31(35)36-30-16-23(6)12-14-25(30)21(3)4/h7-10,19-26,30H,11-18H2,1-6H3/q+1/t22-,23+,24+,25-,26+,30-/m0/s1. The van der Waals surface area contributed by atoms with Gasteiger partial charge in [-0.2, -0.15) is 0 Å². The average molecular weight is 496 g/mol. The van der Waals surface area contributed by atoms with Gasteiger partial charge in [0.05, 0.1) is 0 Å². The second-order valence-corrected chi connectivity index (χ2v) is 12.6. The van der Waals surface area contributed by atoms with Crippen LogP contribution in [0.15, 0.2) is 30.6 Å². The van der Waals surface area contributed by atoms with Crippen LogP contribution in [0.2, 0.25) is 0 Å². The molecule has 5 heteroatoms. The third kappa shape index (κ3) is 6.03. The Hall–Kier alpha value is -2.17. The maximum absolute atomic E-state index is 13.6. The number of esters is 1. The number of hydrogen-bond donors (Lipinski definition) is 0. The smallest absolute Gasteiger partial charge is 0.348 e. The summed E-state index contributed by atoms with van der Waals surface area (Å²) in [5.74, 6) is 3.38. The van der Waals surface area contributed by atoms with Crippen LogP contribution in [0.3, 0.4) is 0 Å². The summed E-state index contributed by atoms with van der Waals surface area (Å²) in [6.07, 6.45) is 8.59. The Morgan fingerprint density at radius 1 is 0.944 bits per heavy atom. The van der Waals surface area contributed by atoms with Crippen LogP contribution >= 0.6 is 0 Å². The lowest BCUT2D eigenvalue weighted by atomic mass is 9.68. The molecule has 198 valence electrons. The van der Waals surface area contributed by atoms with E-state index in [1.807, 2.05) is 39.7 Å². The lowest BCUT2D eigenvalue weighted by Crippen LogP contribution is -2.43. The molecule has 2 aliphatic carbocycles. The molecule has 36 heavy (non-hydrogen) atoms. The van der Waals surface area contributed by atoms with Gasteiger partial charge in [-0.05, 0) is 73.3 Å². The van der Waals surface area contributed by atoms with Crippen molar-refractivity contribution >= 4 is 22.8 Å². The first kappa shape index (κ1) is 26.9. The molecule has 4 rings (SSSR count). The van der Waals surface area contributed by atoms with Gasteiger partial charge in [0.15, 0.2) is 23.4 Å². The molecule has 1 aromatic carbocycles. The second kappa shape index (κ2) is 11.5. The third-order valence-electron chi connectivity index (χ3n) is 9.08. The number of ketones is 1. The van der Waals surface area contributed by atoms with Crippen molar-refractivity contribution in [3.05, 3.63) is 30.6 Å². The number of aromatic nitrogens is 2. The largest absolute Gasteiger partial charge is 0.459 e. The van der Waals surface area contributed by atoms with E-state index in [1.165, 1.54) is 12.8 Å². The molecule has 6 atom stereocenters. The van der Waals surface area contributed by atoms with Crippen molar-refractivity contribution in [3.8, 4) is 0 Å². The van der Waals surface area contributed by atoms with E-state index in [2.05, 4.69) is 41.5 Å². The first-order valence-corrected chi connectivity index (χ1v) is 14.3. The van der Waals surface area contributed by atoms with Crippen LogP contribution in [0, 0.1) is 41.4 Å². The molecule has 2 aliphatic rings. The van der Waals surface area contributed by atoms with Gasteiger partial charge in [0.2, 0.25) is 6.33 Å². The Morgan fingerprint density at radius 3 is 2.28 bits per heavy atom. The Morgan fingerprint density at radius 2 is 1.58 bits per heavy atom. The minimum atomic E-state index is -0.181. The second-order valence-electron chi connectivity index (χ2n) is 12.6. The quantitative estimate of drug-likeness (QED) is 0.323. The number of para-hydroxylation sites is 2. The Kier molecular flexibility index (Phi) is 8.57. The summed E-state index contributed by atoms with van der Waals surface area (Å²) in [4.78, 5) is 26.7. The zero-order valence-corrected chi connectivity index (χ0v) is 23.3. The van der Waals surface area contributed by atoms with Crippen molar-refractivity contribution in [1.82, 2.24) is 4.57 Å². The van der Waals surface area contributed by atoms with Gasteiger partial charge >= 0.3 is 5.97 Å². The van der Waals surface area contributed by atoms with Crippen LogP contribution in [0.1, 0.15) is 80.1 Å². The summed E-state index contributed by atoms with van der Waals surface area (Å²) in [5.41, 5.74) is 1.96. The molecule has 0 amide bonds. The fourth-order valence-electron chi connectivity index (χ4n) is 6.95. The van der Waals surface area contributed by atoms with Gasteiger partial charge in [-0.25, -0.2) is 13.9 Å². The lowest BCUT2D eigenvalue weighted by Gasteiger charge is -2.36. The highest BCUT2D eigenvalue weighted by molar-refractivity contribution is 5.81. The van der Waals surface area contributed by atoms with E-state index >= 15 is 0 Å². The van der Waals surface area contributed by atoms with Crippen LogP contribution in [-0.2, 0) is 27.4 Å². The zero-order valence-electron chi connectivity index (χ0n) is 23.3. The van der Waals surface area contributed by atoms with E-state index in [-0.39, 0.29) is 24.5 Å². The summed E-state index contributed by atoms with van der Waals surface area (Å²) in [5, 5.41) is 0.